The molecule has 120 valence electrons. The SMILES string of the molecule is O=C(CN(Cc1ccccc1)CC1CCCO1)NCC1CC1. The Morgan fingerprint density at radius 1 is 1.23 bits per heavy atom. The summed E-state index contributed by atoms with van der Waals surface area (Å²) in [5, 5.41) is 3.06. The van der Waals surface area contributed by atoms with Gasteiger partial charge >= 0.3 is 0 Å². The molecule has 1 atom stereocenters. The van der Waals surface area contributed by atoms with Crippen molar-refractivity contribution >= 4 is 5.91 Å². The van der Waals surface area contributed by atoms with Crippen LogP contribution < -0.4 is 5.32 Å². The number of carbonyl (C=O) groups excluding carboxylic acids is 1. The first-order valence-electron chi connectivity index (χ1n) is 8.44. The highest BCUT2D eigenvalue weighted by molar-refractivity contribution is 5.78. The van der Waals surface area contributed by atoms with Crippen LogP contribution >= 0.6 is 0 Å². The predicted molar refractivity (Wildman–Crippen MR) is 86.4 cm³/mol. The van der Waals surface area contributed by atoms with Gasteiger partial charge in [0.1, 0.15) is 0 Å². The molecule has 0 aromatic heterocycles. The molecule has 1 aliphatic heterocycles. The zero-order chi connectivity index (χ0) is 15.2. The monoisotopic (exact) mass is 302 g/mol. The third kappa shape index (κ3) is 5.11. The van der Waals surface area contributed by atoms with Crippen molar-refractivity contribution < 1.29 is 9.53 Å². The molecule has 1 saturated heterocycles. The summed E-state index contributed by atoms with van der Waals surface area (Å²) in [7, 11) is 0. The van der Waals surface area contributed by atoms with E-state index in [0.29, 0.717) is 6.54 Å². The van der Waals surface area contributed by atoms with Crippen LogP contribution in [-0.4, -0.2) is 43.2 Å². The molecule has 2 fully saturated rings. The number of ether oxygens (including phenoxy) is 1. The summed E-state index contributed by atoms with van der Waals surface area (Å²) in [6.45, 7) is 3.81. The second-order valence-corrected chi connectivity index (χ2v) is 6.54. The van der Waals surface area contributed by atoms with Gasteiger partial charge in [-0.05, 0) is 37.2 Å². The van der Waals surface area contributed by atoms with Crippen LogP contribution in [-0.2, 0) is 16.1 Å². The summed E-state index contributed by atoms with van der Waals surface area (Å²) in [5.74, 6) is 0.866. The van der Waals surface area contributed by atoms with Crippen molar-refractivity contribution in [3.8, 4) is 0 Å². The van der Waals surface area contributed by atoms with E-state index >= 15 is 0 Å². The summed E-state index contributed by atoms with van der Waals surface area (Å²) < 4.78 is 5.74. The summed E-state index contributed by atoms with van der Waals surface area (Å²) in [4.78, 5) is 14.4. The molecule has 1 aromatic rings. The van der Waals surface area contributed by atoms with Crippen molar-refractivity contribution in [1.82, 2.24) is 10.2 Å². The van der Waals surface area contributed by atoms with E-state index in [1.165, 1.54) is 18.4 Å². The second-order valence-electron chi connectivity index (χ2n) is 6.54. The van der Waals surface area contributed by atoms with Crippen molar-refractivity contribution in [2.75, 3.05) is 26.2 Å². The molecule has 0 spiro atoms. The van der Waals surface area contributed by atoms with Crippen LogP contribution in [0.5, 0.6) is 0 Å². The minimum Gasteiger partial charge on any atom is -0.377 e. The minimum atomic E-state index is 0.140. The summed E-state index contributed by atoms with van der Waals surface area (Å²) in [5.41, 5.74) is 1.25. The van der Waals surface area contributed by atoms with E-state index in [2.05, 4.69) is 22.3 Å². The van der Waals surface area contributed by atoms with Gasteiger partial charge in [-0.1, -0.05) is 30.3 Å². The first-order valence-corrected chi connectivity index (χ1v) is 8.44. The molecular formula is C18H26N2O2. The highest BCUT2D eigenvalue weighted by Gasteiger charge is 2.23. The van der Waals surface area contributed by atoms with Gasteiger partial charge in [0, 0.05) is 26.2 Å². The Balaban J connectivity index is 1.53. The standard InChI is InChI=1S/C18H26N2O2/c21-18(19-11-15-8-9-15)14-20(13-17-7-4-10-22-17)12-16-5-2-1-3-6-16/h1-3,5-6,15,17H,4,7-14H2,(H,19,21). The Labute approximate surface area is 132 Å². The molecule has 1 heterocycles. The number of nitrogens with zero attached hydrogens (tertiary/aromatic N) is 1. The smallest absolute Gasteiger partial charge is 0.234 e. The summed E-state index contributed by atoms with van der Waals surface area (Å²) in [6, 6.07) is 10.4. The van der Waals surface area contributed by atoms with Gasteiger partial charge < -0.3 is 10.1 Å². The van der Waals surface area contributed by atoms with Gasteiger partial charge in [-0.15, -0.1) is 0 Å². The molecule has 1 N–H and O–H groups in total. The van der Waals surface area contributed by atoms with E-state index in [1.807, 2.05) is 18.2 Å². The number of benzene rings is 1. The predicted octanol–water partition coefficient (Wildman–Crippen LogP) is 2.19. The summed E-state index contributed by atoms with van der Waals surface area (Å²) >= 11 is 0. The Hall–Kier alpha value is -1.39. The first kappa shape index (κ1) is 15.5. The molecule has 22 heavy (non-hydrogen) atoms. The Morgan fingerprint density at radius 2 is 2.05 bits per heavy atom. The first-order chi connectivity index (χ1) is 10.8. The fourth-order valence-electron chi connectivity index (χ4n) is 2.94. The van der Waals surface area contributed by atoms with Gasteiger partial charge in [0.25, 0.3) is 0 Å². The maximum atomic E-state index is 12.2. The normalized spacial score (nSPS) is 21.2. The van der Waals surface area contributed by atoms with Crippen molar-refractivity contribution in [2.45, 2.75) is 38.3 Å². The largest absolute Gasteiger partial charge is 0.377 e. The molecule has 1 unspecified atom stereocenters. The van der Waals surface area contributed by atoms with Crippen LogP contribution in [0.4, 0.5) is 0 Å². The third-order valence-corrected chi connectivity index (χ3v) is 4.39. The average Bonchev–Trinajstić information content (AvgIpc) is 3.22. The molecule has 2 aliphatic rings. The van der Waals surface area contributed by atoms with Gasteiger partial charge in [-0.3, -0.25) is 9.69 Å². The lowest BCUT2D eigenvalue weighted by atomic mass is 10.2. The molecule has 1 aliphatic carbocycles. The van der Waals surface area contributed by atoms with Crippen LogP contribution in [0.25, 0.3) is 0 Å². The van der Waals surface area contributed by atoms with Crippen molar-refractivity contribution in [1.29, 1.82) is 0 Å². The zero-order valence-electron chi connectivity index (χ0n) is 13.2. The van der Waals surface area contributed by atoms with Crippen LogP contribution in [0.3, 0.4) is 0 Å². The van der Waals surface area contributed by atoms with Gasteiger partial charge in [0.2, 0.25) is 5.91 Å². The number of hydrogen-bond donors (Lipinski definition) is 1. The molecule has 3 rings (SSSR count). The molecule has 0 bridgehead atoms. The third-order valence-electron chi connectivity index (χ3n) is 4.39. The highest BCUT2D eigenvalue weighted by atomic mass is 16.5. The van der Waals surface area contributed by atoms with E-state index in [4.69, 9.17) is 4.74 Å². The number of nitrogens with one attached hydrogen (secondary N) is 1. The van der Waals surface area contributed by atoms with Gasteiger partial charge in [0.05, 0.1) is 12.6 Å². The molecular weight excluding hydrogens is 276 g/mol. The molecule has 1 amide bonds. The number of amides is 1. The van der Waals surface area contributed by atoms with Crippen LogP contribution in [0, 0.1) is 5.92 Å². The minimum absolute atomic E-state index is 0.140. The highest BCUT2D eigenvalue weighted by Crippen LogP contribution is 2.27. The van der Waals surface area contributed by atoms with E-state index in [-0.39, 0.29) is 12.0 Å². The average molecular weight is 302 g/mol. The van der Waals surface area contributed by atoms with Crippen LogP contribution in [0.2, 0.25) is 0 Å². The quantitative estimate of drug-likeness (QED) is 0.800. The molecule has 4 heteroatoms. The van der Waals surface area contributed by atoms with E-state index < -0.39 is 0 Å². The number of hydrogen-bond acceptors (Lipinski definition) is 3. The van der Waals surface area contributed by atoms with Crippen molar-refractivity contribution in [3.05, 3.63) is 35.9 Å². The Kier molecular flexibility index (Phi) is 5.46. The van der Waals surface area contributed by atoms with E-state index in [0.717, 1.165) is 45.0 Å². The summed E-state index contributed by atoms with van der Waals surface area (Å²) in [6.07, 6.45) is 5.06. The van der Waals surface area contributed by atoms with E-state index in [9.17, 15) is 4.79 Å². The molecule has 0 radical (unpaired) electrons. The lowest BCUT2D eigenvalue weighted by Crippen LogP contribution is -2.41. The second kappa shape index (κ2) is 7.75. The fraction of sp³-hybridized carbons (Fsp3) is 0.611. The van der Waals surface area contributed by atoms with Crippen molar-refractivity contribution in [3.63, 3.8) is 0 Å². The van der Waals surface area contributed by atoms with Crippen molar-refractivity contribution in [2.24, 2.45) is 5.92 Å². The molecule has 1 aromatic carbocycles. The lowest BCUT2D eigenvalue weighted by molar-refractivity contribution is -0.122. The fourth-order valence-corrected chi connectivity index (χ4v) is 2.94. The maximum absolute atomic E-state index is 12.2. The van der Waals surface area contributed by atoms with Gasteiger partial charge in [0.15, 0.2) is 0 Å². The number of rotatable bonds is 8. The lowest BCUT2D eigenvalue weighted by Gasteiger charge is -2.24. The molecule has 4 nitrogen and oxygen atoms in total. The van der Waals surface area contributed by atoms with E-state index in [1.54, 1.807) is 0 Å². The molecule has 1 saturated carbocycles. The van der Waals surface area contributed by atoms with Crippen LogP contribution in [0.15, 0.2) is 30.3 Å². The van der Waals surface area contributed by atoms with Crippen LogP contribution in [0.1, 0.15) is 31.2 Å². The maximum Gasteiger partial charge on any atom is 0.234 e. The van der Waals surface area contributed by atoms with Gasteiger partial charge in [-0.2, -0.15) is 0 Å². The zero-order valence-corrected chi connectivity index (χ0v) is 13.2. The number of carbonyl (C=O) groups is 1. The Morgan fingerprint density at radius 3 is 2.73 bits per heavy atom. The van der Waals surface area contributed by atoms with Gasteiger partial charge in [-0.25, -0.2) is 0 Å². The topological polar surface area (TPSA) is 41.6 Å². The Bertz CT molecular complexity index is 467.